The summed E-state index contributed by atoms with van der Waals surface area (Å²) in [5.74, 6) is -2.40. The molecule has 1 aromatic carbocycles. The molecule has 0 saturated carbocycles. The first kappa shape index (κ1) is 18.6. The van der Waals surface area contributed by atoms with Crippen molar-refractivity contribution in [2.75, 3.05) is 0 Å². The molecule has 8 heteroatoms. The number of halogens is 3. The van der Waals surface area contributed by atoms with Crippen LogP contribution in [0.5, 0.6) is 0 Å². The molecule has 0 aliphatic rings. The van der Waals surface area contributed by atoms with Crippen LogP contribution in [0.15, 0.2) is 41.2 Å². The first-order chi connectivity index (χ1) is 13.3. The maximum atomic E-state index is 13.7. The van der Waals surface area contributed by atoms with Crippen LogP contribution in [0.2, 0.25) is 5.02 Å². The van der Waals surface area contributed by atoms with E-state index in [9.17, 15) is 8.78 Å². The van der Waals surface area contributed by atoms with Crippen LogP contribution >= 0.6 is 11.6 Å². The van der Waals surface area contributed by atoms with Crippen LogP contribution in [0.3, 0.4) is 0 Å². The van der Waals surface area contributed by atoms with E-state index >= 15 is 0 Å². The molecule has 0 bridgehead atoms. The predicted octanol–water partition coefficient (Wildman–Crippen LogP) is 5.69. The molecule has 4 rings (SSSR count). The quantitative estimate of drug-likeness (QED) is 0.440. The van der Waals surface area contributed by atoms with Crippen LogP contribution in [-0.4, -0.2) is 19.5 Å². The van der Waals surface area contributed by atoms with E-state index in [-0.39, 0.29) is 11.5 Å². The van der Waals surface area contributed by atoms with Gasteiger partial charge in [-0.2, -0.15) is 4.98 Å². The number of aryl methyl sites for hydroxylation is 2. The Balaban J connectivity index is 1.75. The van der Waals surface area contributed by atoms with Gasteiger partial charge in [0.05, 0.1) is 5.02 Å². The molecule has 5 nitrogen and oxygen atoms in total. The van der Waals surface area contributed by atoms with Gasteiger partial charge in [-0.05, 0) is 42.7 Å². The first-order valence-corrected chi connectivity index (χ1v) is 9.14. The van der Waals surface area contributed by atoms with E-state index in [2.05, 4.69) is 15.1 Å². The number of alkyl halides is 2. The van der Waals surface area contributed by atoms with Gasteiger partial charge in [0.2, 0.25) is 5.82 Å². The van der Waals surface area contributed by atoms with Crippen molar-refractivity contribution < 1.29 is 13.3 Å². The van der Waals surface area contributed by atoms with Gasteiger partial charge in [0.25, 0.3) is 11.8 Å². The topological polar surface area (TPSA) is 56.2 Å². The van der Waals surface area contributed by atoms with Gasteiger partial charge in [-0.3, -0.25) is 0 Å². The zero-order chi connectivity index (χ0) is 20.1. The van der Waals surface area contributed by atoms with Crippen LogP contribution in [-0.2, 0) is 12.3 Å². The van der Waals surface area contributed by atoms with Crippen LogP contribution in [0.25, 0.3) is 28.6 Å². The lowest BCUT2D eigenvalue weighted by Gasteiger charge is -2.11. The SMILES string of the molecule is CCc1ccc(-c2noc(-c3cn4cc(C(C)(F)F)cc(C)c4n3)n2)c(Cl)c1. The van der Waals surface area contributed by atoms with Gasteiger partial charge in [-0.15, -0.1) is 0 Å². The highest BCUT2D eigenvalue weighted by molar-refractivity contribution is 6.33. The fourth-order valence-electron chi connectivity index (χ4n) is 3.01. The maximum absolute atomic E-state index is 13.7. The molecule has 3 heterocycles. The number of imidazole rings is 1. The second kappa shape index (κ2) is 6.67. The molecule has 4 aromatic rings. The zero-order valence-electron chi connectivity index (χ0n) is 15.5. The highest BCUT2D eigenvalue weighted by Crippen LogP contribution is 2.31. The van der Waals surface area contributed by atoms with Crippen molar-refractivity contribution in [2.45, 2.75) is 33.1 Å². The summed E-state index contributed by atoms with van der Waals surface area (Å²) in [5, 5.41) is 4.52. The van der Waals surface area contributed by atoms with Crippen LogP contribution in [0, 0.1) is 6.92 Å². The average molecular weight is 403 g/mol. The number of aromatic nitrogens is 4. The normalized spacial score (nSPS) is 12.1. The molecule has 0 amide bonds. The standard InChI is InChI=1S/C20H17ClF2N4O/c1-4-12-5-6-14(15(21)8-12)17-25-19(28-26-17)16-10-27-9-13(20(3,22)23)7-11(2)18(27)24-16/h5-10H,4H2,1-3H3. The minimum atomic E-state index is -2.94. The van der Waals surface area contributed by atoms with Gasteiger partial charge in [0, 0.05) is 30.4 Å². The van der Waals surface area contributed by atoms with Gasteiger partial charge in [-0.25, -0.2) is 13.8 Å². The number of hydrogen-bond acceptors (Lipinski definition) is 4. The Kier molecular flexibility index (Phi) is 4.42. The molecular formula is C20H17ClF2N4O. The Hall–Kier alpha value is -2.80. The number of rotatable bonds is 4. The molecule has 28 heavy (non-hydrogen) atoms. The maximum Gasteiger partial charge on any atom is 0.278 e. The summed E-state index contributed by atoms with van der Waals surface area (Å²) >= 11 is 6.33. The molecule has 0 atom stereocenters. The Labute approximate surface area is 165 Å². The predicted molar refractivity (Wildman–Crippen MR) is 103 cm³/mol. The van der Waals surface area contributed by atoms with E-state index in [0.29, 0.717) is 33.3 Å². The number of benzene rings is 1. The van der Waals surface area contributed by atoms with E-state index in [0.717, 1.165) is 18.9 Å². The van der Waals surface area contributed by atoms with Gasteiger partial charge in [0.1, 0.15) is 11.3 Å². The third kappa shape index (κ3) is 3.26. The smallest absolute Gasteiger partial charge is 0.278 e. The summed E-state index contributed by atoms with van der Waals surface area (Å²) in [6.45, 7) is 4.64. The van der Waals surface area contributed by atoms with Gasteiger partial charge in [-0.1, -0.05) is 29.7 Å². The van der Waals surface area contributed by atoms with Crippen molar-refractivity contribution in [3.8, 4) is 23.0 Å². The minimum absolute atomic E-state index is 0.0875. The van der Waals surface area contributed by atoms with Crippen molar-refractivity contribution in [3.63, 3.8) is 0 Å². The van der Waals surface area contributed by atoms with E-state index < -0.39 is 5.92 Å². The lowest BCUT2D eigenvalue weighted by atomic mass is 10.1. The summed E-state index contributed by atoms with van der Waals surface area (Å²) in [6, 6.07) is 7.10. The summed E-state index contributed by atoms with van der Waals surface area (Å²) in [6.07, 6.45) is 3.82. The van der Waals surface area contributed by atoms with Gasteiger partial charge < -0.3 is 8.92 Å². The highest BCUT2D eigenvalue weighted by atomic mass is 35.5. The second-order valence-corrected chi connectivity index (χ2v) is 7.16. The number of hydrogen-bond donors (Lipinski definition) is 0. The number of fused-ring (bicyclic) bond motifs is 1. The zero-order valence-corrected chi connectivity index (χ0v) is 16.3. The summed E-state index contributed by atoms with van der Waals surface area (Å²) in [5.41, 5.74) is 3.25. The van der Waals surface area contributed by atoms with Crippen molar-refractivity contribution in [1.29, 1.82) is 0 Å². The lowest BCUT2D eigenvalue weighted by Crippen LogP contribution is -2.08. The van der Waals surface area contributed by atoms with Crippen LogP contribution < -0.4 is 0 Å². The molecule has 3 aromatic heterocycles. The Morgan fingerprint density at radius 2 is 1.96 bits per heavy atom. The van der Waals surface area contributed by atoms with E-state index in [1.54, 1.807) is 17.5 Å². The molecule has 144 valence electrons. The summed E-state index contributed by atoms with van der Waals surface area (Å²) < 4.78 is 34.3. The van der Waals surface area contributed by atoms with E-state index in [4.69, 9.17) is 16.1 Å². The van der Waals surface area contributed by atoms with E-state index in [1.165, 1.54) is 12.3 Å². The largest absolute Gasteiger partial charge is 0.332 e. The van der Waals surface area contributed by atoms with Crippen molar-refractivity contribution in [2.24, 2.45) is 0 Å². The van der Waals surface area contributed by atoms with E-state index in [1.807, 2.05) is 25.1 Å². The Morgan fingerprint density at radius 3 is 2.64 bits per heavy atom. The number of nitrogens with zero attached hydrogens (tertiary/aromatic N) is 4. The number of pyridine rings is 1. The Bertz CT molecular complexity index is 1180. The van der Waals surface area contributed by atoms with Crippen molar-refractivity contribution in [3.05, 3.63) is 58.4 Å². The monoisotopic (exact) mass is 402 g/mol. The fraction of sp³-hybridized carbons (Fsp3) is 0.250. The fourth-order valence-corrected chi connectivity index (χ4v) is 3.30. The van der Waals surface area contributed by atoms with Crippen molar-refractivity contribution >= 4 is 17.2 Å². The first-order valence-electron chi connectivity index (χ1n) is 8.77. The summed E-state index contributed by atoms with van der Waals surface area (Å²) in [4.78, 5) is 8.83. The van der Waals surface area contributed by atoms with Gasteiger partial charge >= 0.3 is 0 Å². The van der Waals surface area contributed by atoms with Crippen LogP contribution in [0.1, 0.15) is 30.5 Å². The van der Waals surface area contributed by atoms with Crippen molar-refractivity contribution in [1.82, 2.24) is 19.5 Å². The second-order valence-electron chi connectivity index (χ2n) is 6.75. The average Bonchev–Trinajstić information content (AvgIpc) is 3.27. The molecule has 0 radical (unpaired) electrons. The summed E-state index contributed by atoms with van der Waals surface area (Å²) in [7, 11) is 0. The molecule has 0 saturated heterocycles. The van der Waals surface area contributed by atoms with Crippen LogP contribution in [0.4, 0.5) is 8.78 Å². The third-order valence-electron chi connectivity index (χ3n) is 4.57. The molecule has 0 spiro atoms. The molecule has 0 aliphatic heterocycles. The molecule has 0 unspecified atom stereocenters. The van der Waals surface area contributed by atoms with Gasteiger partial charge in [0.15, 0.2) is 0 Å². The lowest BCUT2D eigenvalue weighted by molar-refractivity contribution is 0.0170. The molecule has 0 aliphatic carbocycles. The Morgan fingerprint density at radius 1 is 1.18 bits per heavy atom. The molecular weight excluding hydrogens is 386 g/mol. The third-order valence-corrected chi connectivity index (χ3v) is 4.88. The minimum Gasteiger partial charge on any atom is -0.332 e. The molecule has 0 N–H and O–H groups in total. The highest BCUT2D eigenvalue weighted by Gasteiger charge is 2.26. The molecule has 0 fully saturated rings.